The molecular weight excluding hydrogens is 344 g/mol. The van der Waals surface area contributed by atoms with Crippen molar-refractivity contribution in [3.63, 3.8) is 0 Å². The number of benzene rings is 2. The molecule has 0 saturated carbocycles. The van der Waals surface area contributed by atoms with E-state index in [1.54, 1.807) is 12.1 Å². The van der Waals surface area contributed by atoms with Gasteiger partial charge in [-0.2, -0.15) is 5.26 Å². The van der Waals surface area contributed by atoms with E-state index < -0.39 is 18.5 Å². The van der Waals surface area contributed by atoms with Crippen LogP contribution in [0.2, 0.25) is 5.02 Å². The Bertz CT molecular complexity index is 787. The molecule has 128 valence electrons. The van der Waals surface area contributed by atoms with Gasteiger partial charge in [-0.3, -0.25) is 9.59 Å². The van der Waals surface area contributed by atoms with Gasteiger partial charge in [0.1, 0.15) is 11.8 Å². The van der Waals surface area contributed by atoms with Gasteiger partial charge in [-0.1, -0.05) is 29.8 Å². The summed E-state index contributed by atoms with van der Waals surface area (Å²) in [5.74, 6) is -0.382. The number of para-hydroxylation sites is 1. The summed E-state index contributed by atoms with van der Waals surface area (Å²) in [4.78, 5) is 23.3. The Hall–Kier alpha value is -3.04. The lowest BCUT2D eigenvalue weighted by Crippen LogP contribution is -2.21. The number of hydrogen-bond donors (Lipinski definition) is 1. The van der Waals surface area contributed by atoms with Crippen molar-refractivity contribution in [2.45, 2.75) is 6.42 Å². The molecule has 0 aliphatic rings. The molecule has 0 atom stereocenters. The number of esters is 1. The number of hydrogen-bond acceptors (Lipinski definition) is 5. The van der Waals surface area contributed by atoms with Crippen molar-refractivity contribution >= 4 is 29.2 Å². The smallest absolute Gasteiger partial charge is 0.309 e. The Kier molecular flexibility index (Phi) is 6.81. The highest BCUT2D eigenvalue weighted by Crippen LogP contribution is 2.20. The predicted octanol–water partition coefficient (Wildman–Crippen LogP) is 3.16. The van der Waals surface area contributed by atoms with Gasteiger partial charge in [-0.05, 0) is 30.3 Å². The molecule has 6 nitrogen and oxygen atoms in total. The number of anilines is 1. The minimum Gasteiger partial charge on any atom is -0.493 e. The van der Waals surface area contributed by atoms with Crippen LogP contribution in [0, 0.1) is 11.3 Å². The maximum Gasteiger partial charge on any atom is 0.309 e. The molecule has 0 radical (unpaired) electrons. The Morgan fingerprint density at radius 3 is 2.60 bits per heavy atom. The third-order valence-corrected chi connectivity index (χ3v) is 3.37. The Morgan fingerprint density at radius 1 is 1.16 bits per heavy atom. The van der Waals surface area contributed by atoms with E-state index in [1.807, 2.05) is 24.3 Å². The number of halogens is 1. The molecule has 0 unspecified atom stereocenters. The lowest BCUT2D eigenvalue weighted by atomic mass is 10.2. The molecule has 1 N–H and O–H groups in total. The van der Waals surface area contributed by atoms with E-state index in [4.69, 9.17) is 26.3 Å². The molecule has 0 aromatic heterocycles. The van der Waals surface area contributed by atoms with E-state index in [0.717, 1.165) is 0 Å². The monoisotopic (exact) mass is 358 g/mol. The van der Waals surface area contributed by atoms with Crippen molar-refractivity contribution in [2.75, 3.05) is 18.5 Å². The SMILES string of the molecule is N#Cc1ccc(NC(=O)COC(=O)CCOc2ccccc2)cc1Cl. The van der Waals surface area contributed by atoms with Crippen LogP contribution in [0.25, 0.3) is 0 Å². The molecule has 0 aliphatic heterocycles. The van der Waals surface area contributed by atoms with Crippen LogP contribution < -0.4 is 10.1 Å². The zero-order valence-electron chi connectivity index (χ0n) is 13.2. The summed E-state index contributed by atoms with van der Waals surface area (Å²) < 4.78 is 10.2. The molecule has 0 fully saturated rings. The van der Waals surface area contributed by atoms with E-state index in [9.17, 15) is 9.59 Å². The summed E-state index contributed by atoms with van der Waals surface area (Å²) in [5.41, 5.74) is 0.724. The van der Waals surface area contributed by atoms with Crippen LogP contribution in [0.4, 0.5) is 5.69 Å². The van der Waals surface area contributed by atoms with Crippen LogP contribution in [0.15, 0.2) is 48.5 Å². The van der Waals surface area contributed by atoms with Crippen molar-refractivity contribution in [1.29, 1.82) is 5.26 Å². The zero-order chi connectivity index (χ0) is 18.1. The molecule has 0 heterocycles. The van der Waals surface area contributed by atoms with Gasteiger partial charge in [-0.15, -0.1) is 0 Å². The topological polar surface area (TPSA) is 88.4 Å². The lowest BCUT2D eigenvalue weighted by molar-refractivity contribution is -0.147. The number of nitrogens with zero attached hydrogens (tertiary/aromatic N) is 1. The number of rotatable bonds is 7. The molecule has 0 saturated heterocycles. The van der Waals surface area contributed by atoms with E-state index >= 15 is 0 Å². The minimum atomic E-state index is -0.538. The molecule has 2 aromatic rings. The highest BCUT2D eigenvalue weighted by molar-refractivity contribution is 6.32. The number of nitrogens with one attached hydrogen (secondary N) is 1. The Balaban J connectivity index is 1.69. The second-order valence-corrected chi connectivity index (χ2v) is 5.33. The summed E-state index contributed by atoms with van der Waals surface area (Å²) in [6.45, 7) is -0.252. The summed E-state index contributed by atoms with van der Waals surface area (Å²) in [7, 11) is 0. The molecule has 2 aromatic carbocycles. The fourth-order valence-corrected chi connectivity index (χ4v) is 2.09. The van der Waals surface area contributed by atoms with Gasteiger partial charge in [0.2, 0.25) is 0 Å². The maximum atomic E-state index is 11.8. The first-order valence-electron chi connectivity index (χ1n) is 7.41. The van der Waals surface area contributed by atoms with Crippen molar-refractivity contribution in [3.05, 3.63) is 59.1 Å². The van der Waals surface area contributed by atoms with Crippen LogP contribution in [-0.2, 0) is 14.3 Å². The van der Waals surface area contributed by atoms with Gasteiger partial charge in [-0.25, -0.2) is 0 Å². The molecule has 0 aliphatic carbocycles. The van der Waals surface area contributed by atoms with Crippen molar-refractivity contribution in [3.8, 4) is 11.8 Å². The quantitative estimate of drug-likeness (QED) is 0.768. The summed E-state index contributed by atoms with van der Waals surface area (Å²) >= 11 is 5.88. The Morgan fingerprint density at radius 2 is 1.92 bits per heavy atom. The highest BCUT2D eigenvalue weighted by atomic mass is 35.5. The first-order valence-corrected chi connectivity index (χ1v) is 7.79. The van der Waals surface area contributed by atoms with E-state index in [0.29, 0.717) is 17.0 Å². The summed E-state index contributed by atoms with van der Waals surface area (Å²) in [5, 5.41) is 11.6. The van der Waals surface area contributed by atoms with Gasteiger partial charge in [0.05, 0.1) is 23.6 Å². The van der Waals surface area contributed by atoms with E-state index in [1.165, 1.54) is 18.2 Å². The first kappa shape index (κ1) is 18.3. The normalized spacial score (nSPS) is 9.76. The molecular formula is C18H15ClN2O4. The molecule has 7 heteroatoms. The minimum absolute atomic E-state index is 0.0326. The predicted molar refractivity (Wildman–Crippen MR) is 92.3 cm³/mol. The zero-order valence-corrected chi connectivity index (χ0v) is 14.0. The first-order chi connectivity index (χ1) is 12.1. The average Bonchev–Trinajstić information content (AvgIpc) is 2.61. The van der Waals surface area contributed by atoms with Gasteiger partial charge in [0.25, 0.3) is 5.91 Å². The van der Waals surface area contributed by atoms with Crippen molar-refractivity contribution in [2.24, 2.45) is 0 Å². The molecule has 25 heavy (non-hydrogen) atoms. The standard InChI is InChI=1S/C18H15ClN2O4/c19-16-10-14(7-6-13(16)11-20)21-17(22)12-25-18(23)8-9-24-15-4-2-1-3-5-15/h1-7,10H,8-9,12H2,(H,21,22). The third kappa shape index (κ3) is 6.16. The van der Waals surface area contributed by atoms with E-state index in [2.05, 4.69) is 5.32 Å². The number of nitriles is 1. The fraction of sp³-hybridized carbons (Fsp3) is 0.167. The fourth-order valence-electron chi connectivity index (χ4n) is 1.87. The van der Waals surface area contributed by atoms with Crippen LogP contribution in [-0.4, -0.2) is 25.1 Å². The number of ether oxygens (including phenoxy) is 2. The van der Waals surface area contributed by atoms with Gasteiger partial charge in [0, 0.05) is 5.69 Å². The van der Waals surface area contributed by atoms with Gasteiger partial charge >= 0.3 is 5.97 Å². The number of carbonyl (C=O) groups is 2. The third-order valence-electron chi connectivity index (χ3n) is 3.06. The summed E-state index contributed by atoms with van der Waals surface area (Å²) in [6, 6.07) is 15.5. The number of carbonyl (C=O) groups excluding carboxylic acids is 2. The van der Waals surface area contributed by atoms with Crippen LogP contribution >= 0.6 is 11.6 Å². The highest BCUT2D eigenvalue weighted by Gasteiger charge is 2.09. The maximum absolute atomic E-state index is 11.8. The van der Waals surface area contributed by atoms with Crippen LogP contribution in [0.3, 0.4) is 0 Å². The largest absolute Gasteiger partial charge is 0.493 e. The molecule has 0 spiro atoms. The van der Waals surface area contributed by atoms with Crippen molar-refractivity contribution < 1.29 is 19.1 Å². The van der Waals surface area contributed by atoms with Crippen molar-refractivity contribution in [1.82, 2.24) is 0 Å². The van der Waals surface area contributed by atoms with E-state index in [-0.39, 0.29) is 18.1 Å². The Labute approximate surface area is 149 Å². The van der Waals surface area contributed by atoms with Crippen LogP contribution in [0.5, 0.6) is 5.75 Å². The second kappa shape index (κ2) is 9.30. The molecule has 1 amide bonds. The number of amides is 1. The average molecular weight is 359 g/mol. The van der Waals surface area contributed by atoms with Gasteiger partial charge in [0.15, 0.2) is 6.61 Å². The van der Waals surface area contributed by atoms with Gasteiger partial charge < -0.3 is 14.8 Å². The van der Waals surface area contributed by atoms with Crippen LogP contribution in [0.1, 0.15) is 12.0 Å². The lowest BCUT2D eigenvalue weighted by Gasteiger charge is -2.08. The second-order valence-electron chi connectivity index (χ2n) is 4.93. The molecule has 2 rings (SSSR count). The summed E-state index contributed by atoms with van der Waals surface area (Å²) in [6.07, 6.45) is 0.0326. The molecule has 0 bridgehead atoms.